The van der Waals surface area contributed by atoms with Crippen molar-refractivity contribution in [3.63, 3.8) is 0 Å². The number of rotatable bonds is 4. The van der Waals surface area contributed by atoms with E-state index in [1.165, 1.54) is 6.07 Å². The predicted molar refractivity (Wildman–Crippen MR) is 70.2 cm³/mol. The van der Waals surface area contributed by atoms with Gasteiger partial charge in [-0.25, -0.2) is 9.07 Å². The Bertz CT molecular complexity index is 534. The first-order chi connectivity index (χ1) is 8.61. The normalized spacial score (nSPS) is 12.7. The smallest absolute Gasteiger partial charge is 0.149 e. The molecule has 3 nitrogen and oxygen atoms in total. The van der Waals surface area contributed by atoms with Gasteiger partial charge in [0.15, 0.2) is 0 Å². The van der Waals surface area contributed by atoms with E-state index >= 15 is 0 Å². The van der Waals surface area contributed by atoms with Gasteiger partial charge in [0.2, 0.25) is 0 Å². The summed E-state index contributed by atoms with van der Waals surface area (Å²) in [4.78, 5) is 0. The zero-order valence-electron chi connectivity index (χ0n) is 10.7. The molecule has 0 bridgehead atoms. The second-order valence-corrected chi connectivity index (χ2v) is 4.58. The molecule has 1 heterocycles. The highest BCUT2D eigenvalue weighted by atomic mass is 19.1. The highest BCUT2D eigenvalue weighted by Gasteiger charge is 2.13. The molecule has 1 unspecified atom stereocenters. The van der Waals surface area contributed by atoms with Crippen LogP contribution < -0.4 is 5.73 Å². The second-order valence-electron chi connectivity index (χ2n) is 4.58. The Balaban J connectivity index is 2.44. The fourth-order valence-electron chi connectivity index (χ4n) is 1.94. The Morgan fingerprint density at radius 2 is 2.22 bits per heavy atom. The molecule has 0 amide bonds. The van der Waals surface area contributed by atoms with Crippen LogP contribution in [0.2, 0.25) is 0 Å². The summed E-state index contributed by atoms with van der Waals surface area (Å²) in [6.07, 6.45) is 5.06. The third-order valence-electron chi connectivity index (χ3n) is 3.02. The van der Waals surface area contributed by atoms with Crippen molar-refractivity contribution in [1.82, 2.24) is 9.78 Å². The lowest BCUT2D eigenvalue weighted by Gasteiger charge is -2.14. The summed E-state index contributed by atoms with van der Waals surface area (Å²) >= 11 is 0. The maximum absolute atomic E-state index is 14.0. The number of hydrogen-bond acceptors (Lipinski definition) is 2. The summed E-state index contributed by atoms with van der Waals surface area (Å²) in [6, 6.07) is 5.12. The monoisotopic (exact) mass is 247 g/mol. The minimum Gasteiger partial charge on any atom is -0.327 e. The Morgan fingerprint density at radius 1 is 1.44 bits per heavy atom. The van der Waals surface area contributed by atoms with Gasteiger partial charge in [0, 0.05) is 12.2 Å². The number of para-hydroxylation sites is 1. The summed E-state index contributed by atoms with van der Waals surface area (Å²) in [5.41, 5.74) is 8.36. The van der Waals surface area contributed by atoms with Crippen LogP contribution in [0.25, 0.3) is 5.69 Å². The first-order valence-electron chi connectivity index (χ1n) is 6.16. The molecule has 0 aliphatic carbocycles. The summed E-state index contributed by atoms with van der Waals surface area (Å²) in [5, 5.41) is 4.18. The van der Waals surface area contributed by atoms with Crippen LogP contribution in [0.15, 0.2) is 30.6 Å². The van der Waals surface area contributed by atoms with Crippen molar-refractivity contribution in [3.05, 3.63) is 47.5 Å². The van der Waals surface area contributed by atoms with Crippen LogP contribution in [0.5, 0.6) is 0 Å². The molecule has 0 radical (unpaired) electrons. The van der Waals surface area contributed by atoms with Crippen molar-refractivity contribution in [2.45, 2.75) is 32.7 Å². The molecule has 2 aromatic rings. The third kappa shape index (κ3) is 2.59. The van der Waals surface area contributed by atoms with E-state index < -0.39 is 0 Å². The number of hydrogen-bond donors (Lipinski definition) is 1. The molecule has 1 aromatic heterocycles. The second kappa shape index (κ2) is 5.31. The van der Waals surface area contributed by atoms with Crippen LogP contribution in [-0.2, 0) is 6.42 Å². The average Bonchev–Trinajstić information content (AvgIpc) is 2.75. The summed E-state index contributed by atoms with van der Waals surface area (Å²) < 4.78 is 15.6. The molecule has 1 aromatic carbocycles. The molecular weight excluding hydrogens is 229 g/mol. The van der Waals surface area contributed by atoms with Crippen LogP contribution in [0.1, 0.15) is 24.5 Å². The molecule has 96 valence electrons. The number of aryl methyl sites for hydroxylation is 1. The van der Waals surface area contributed by atoms with Gasteiger partial charge in [-0.2, -0.15) is 5.10 Å². The van der Waals surface area contributed by atoms with Crippen LogP contribution in [-0.4, -0.2) is 15.8 Å². The maximum atomic E-state index is 14.0. The van der Waals surface area contributed by atoms with Gasteiger partial charge < -0.3 is 5.73 Å². The largest absolute Gasteiger partial charge is 0.327 e. The predicted octanol–water partition coefficient (Wildman–Crippen LogP) is 2.60. The van der Waals surface area contributed by atoms with E-state index in [0.29, 0.717) is 12.1 Å². The van der Waals surface area contributed by atoms with Crippen LogP contribution in [0, 0.1) is 12.7 Å². The van der Waals surface area contributed by atoms with Gasteiger partial charge in [0.1, 0.15) is 11.5 Å². The molecule has 0 saturated carbocycles. The molecule has 2 rings (SSSR count). The Kier molecular flexibility index (Phi) is 3.77. The molecule has 4 heteroatoms. The standard InChI is InChI=1S/C14H18FN3/c1-3-12(16)7-11-5-4-6-13(15)14(11)18-9-10(2)8-17-18/h4-6,8-9,12H,3,7,16H2,1-2H3. The molecule has 0 fully saturated rings. The Labute approximate surface area is 106 Å². The van der Waals surface area contributed by atoms with Gasteiger partial charge in [-0.05, 0) is 37.0 Å². The van der Waals surface area contributed by atoms with Crippen molar-refractivity contribution in [3.8, 4) is 5.69 Å². The van der Waals surface area contributed by atoms with Gasteiger partial charge in [0.25, 0.3) is 0 Å². The van der Waals surface area contributed by atoms with E-state index in [4.69, 9.17) is 5.73 Å². The van der Waals surface area contributed by atoms with Gasteiger partial charge >= 0.3 is 0 Å². The number of nitrogens with two attached hydrogens (primary N) is 1. The quantitative estimate of drug-likeness (QED) is 0.902. The van der Waals surface area contributed by atoms with Gasteiger partial charge in [-0.1, -0.05) is 19.1 Å². The van der Waals surface area contributed by atoms with Crippen molar-refractivity contribution in [1.29, 1.82) is 0 Å². The summed E-state index contributed by atoms with van der Waals surface area (Å²) in [6.45, 7) is 3.96. The highest BCUT2D eigenvalue weighted by molar-refractivity contribution is 5.42. The summed E-state index contributed by atoms with van der Waals surface area (Å²) in [7, 11) is 0. The lowest BCUT2D eigenvalue weighted by Crippen LogP contribution is -2.22. The molecule has 0 aliphatic heterocycles. The van der Waals surface area contributed by atoms with Crippen molar-refractivity contribution in [2.75, 3.05) is 0 Å². The molecule has 2 N–H and O–H groups in total. The van der Waals surface area contributed by atoms with Gasteiger partial charge in [-0.15, -0.1) is 0 Å². The SMILES string of the molecule is CCC(N)Cc1cccc(F)c1-n1cc(C)cn1. The maximum Gasteiger partial charge on any atom is 0.149 e. The van der Waals surface area contributed by atoms with Crippen LogP contribution >= 0.6 is 0 Å². The fourth-order valence-corrected chi connectivity index (χ4v) is 1.94. The van der Waals surface area contributed by atoms with Crippen molar-refractivity contribution in [2.24, 2.45) is 5.73 Å². The topological polar surface area (TPSA) is 43.8 Å². The number of halogens is 1. The van der Waals surface area contributed by atoms with E-state index in [1.807, 2.05) is 26.1 Å². The summed E-state index contributed by atoms with van der Waals surface area (Å²) in [5.74, 6) is -0.265. The molecule has 0 saturated heterocycles. The van der Waals surface area contributed by atoms with Crippen LogP contribution in [0.4, 0.5) is 4.39 Å². The first kappa shape index (κ1) is 12.8. The molecule has 0 spiro atoms. The van der Waals surface area contributed by atoms with Crippen LogP contribution in [0.3, 0.4) is 0 Å². The Morgan fingerprint density at radius 3 is 2.83 bits per heavy atom. The lowest BCUT2D eigenvalue weighted by atomic mass is 10.0. The van der Waals surface area contributed by atoms with E-state index in [2.05, 4.69) is 5.10 Å². The zero-order chi connectivity index (χ0) is 13.1. The number of benzene rings is 1. The van der Waals surface area contributed by atoms with Gasteiger partial charge in [-0.3, -0.25) is 0 Å². The highest BCUT2D eigenvalue weighted by Crippen LogP contribution is 2.20. The minimum atomic E-state index is -0.265. The van der Waals surface area contributed by atoms with E-state index in [0.717, 1.165) is 17.5 Å². The first-order valence-corrected chi connectivity index (χ1v) is 6.16. The van der Waals surface area contributed by atoms with Crippen molar-refractivity contribution < 1.29 is 4.39 Å². The van der Waals surface area contributed by atoms with Gasteiger partial charge in [0.05, 0.1) is 6.20 Å². The van der Waals surface area contributed by atoms with E-state index in [-0.39, 0.29) is 11.9 Å². The third-order valence-corrected chi connectivity index (χ3v) is 3.02. The molecule has 0 aliphatic rings. The fraction of sp³-hybridized carbons (Fsp3) is 0.357. The average molecular weight is 247 g/mol. The van der Waals surface area contributed by atoms with E-state index in [9.17, 15) is 4.39 Å². The van der Waals surface area contributed by atoms with Crippen molar-refractivity contribution >= 4 is 0 Å². The molecule has 1 atom stereocenters. The number of nitrogens with zero attached hydrogens (tertiary/aromatic N) is 2. The molecule has 18 heavy (non-hydrogen) atoms. The molecular formula is C14H18FN3. The Hall–Kier alpha value is -1.68. The minimum absolute atomic E-state index is 0.0437. The zero-order valence-corrected chi connectivity index (χ0v) is 10.7. The lowest BCUT2D eigenvalue weighted by molar-refractivity contribution is 0.596. The van der Waals surface area contributed by atoms with E-state index in [1.54, 1.807) is 16.9 Å². The number of aromatic nitrogens is 2.